The minimum atomic E-state index is -1.59. The lowest BCUT2D eigenvalue weighted by Gasteiger charge is -2.19. The van der Waals surface area contributed by atoms with E-state index in [1.807, 2.05) is 0 Å². The third kappa shape index (κ3) is 2.48. The molecule has 1 aromatic heterocycles. The first-order chi connectivity index (χ1) is 11.5. The number of carboxylic acid groups (broad SMARTS) is 1. The van der Waals surface area contributed by atoms with Crippen molar-refractivity contribution in [3.63, 3.8) is 0 Å². The van der Waals surface area contributed by atoms with Crippen molar-refractivity contribution in [3.05, 3.63) is 40.2 Å². The van der Waals surface area contributed by atoms with Crippen LogP contribution in [0.2, 0.25) is 0 Å². The van der Waals surface area contributed by atoms with E-state index >= 15 is 0 Å². The molecule has 2 aliphatic rings. The molecule has 1 aromatic carbocycles. The molecule has 24 heavy (non-hydrogen) atoms. The zero-order valence-corrected chi connectivity index (χ0v) is 12.8. The lowest BCUT2D eigenvalue weighted by Crippen LogP contribution is -2.28. The summed E-state index contributed by atoms with van der Waals surface area (Å²) < 4.78 is 10.4. The van der Waals surface area contributed by atoms with Gasteiger partial charge < -0.3 is 19.1 Å². The Kier molecular flexibility index (Phi) is 3.40. The van der Waals surface area contributed by atoms with Gasteiger partial charge in [-0.05, 0) is 49.3 Å². The number of carboxylic acids is 1. The van der Waals surface area contributed by atoms with Gasteiger partial charge >= 0.3 is 11.6 Å². The van der Waals surface area contributed by atoms with Gasteiger partial charge in [-0.2, -0.15) is 0 Å². The van der Waals surface area contributed by atoms with Gasteiger partial charge in [-0.25, -0.2) is 4.79 Å². The van der Waals surface area contributed by atoms with Crippen LogP contribution in [0.5, 0.6) is 5.75 Å². The van der Waals surface area contributed by atoms with Gasteiger partial charge in [-0.15, -0.1) is 0 Å². The predicted molar refractivity (Wildman–Crippen MR) is 81.4 cm³/mol. The molecule has 0 radical (unpaired) electrons. The van der Waals surface area contributed by atoms with Crippen molar-refractivity contribution in [2.75, 3.05) is 0 Å². The van der Waals surface area contributed by atoms with Gasteiger partial charge in [0.05, 0.1) is 17.5 Å². The van der Waals surface area contributed by atoms with Crippen LogP contribution in [0.1, 0.15) is 36.0 Å². The number of carbonyl (C=O) groups excluding carboxylic acids is 2. The Morgan fingerprint density at radius 2 is 2.00 bits per heavy atom. The zero-order chi connectivity index (χ0) is 16.8. The van der Waals surface area contributed by atoms with Crippen LogP contribution < -0.4 is 15.5 Å². The minimum Gasteiger partial charge on any atom is -0.545 e. The summed E-state index contributed by atoms with van der Waals surface area (Å²) in [5.74, 6) is -0.518. The number of hydrogen-bond acceptors (Lipinski definition) is 6. The van der Waals surface area contributed by atoms with Gasteiger partial charge in [0.25, 0.3) is 0 Å². The Hall–Kier alpha value is -2.63. The van der Waals surface area contributed by atoms with Crippen LogP contribution in [0.25, 0.3) is 11.0 Å². The van der Waals surface area contributed by atoms with E-state index in [-0.39, 0.29) is 17.5 Å². The van der Waals surface area contributed by atoms with Crippen molar-refractivity contribution < 1.29 is 23.8 Å². The minimum absolute atomic E-state index is 0.0492. The molecule has 3 unspecified atom stereocenters. The van der Waals surface area contributed by atoms with E-state index in [1.165, 1.54) is 18.6 Å². The van der Waals surface area contributed by atoms with Crippen molar-refractivity contribution in [3.8, 4) is 5.75 Å². The van der Waals surface area contributed by atoms with Crippen LogP contribution in [-0.2, 0) is 4.79 Å². The van der Waals surface area contributed by atoms with Gasteiger partial charge in [-0.1, -0.05) is 6.42 Å². The molecule has 1 heterocycles. The molecule has 2 saturated carbocycles. The average Bonchev–Trinajstić information content (AvgIpc) is 3.17. The molecule has 0 spiro atoms. The van der Waals surface area contributed by atoms with E-state index in [2.05, 4.69) is 0 Å². The van der Waals surface area contributed by atoms with Crippen molar-refractivity contribution in [2.45, 2.75) is 25.7 Å². The highest BCUT2D eigenvalue weighted by Gasteiger charge is 2.44. The number of carbonyl (C=O) groups is 2. The Morgan fingerprint density at radius 3 is 2.67 bits per heavy atom. The van der Waals surface area contributed by atoms with E-state index in [1.54, 1.807) is 12.1 Å². The fourth-order valence-corrected chi connectivity index (χ4v) is 4.02. The van der Waals surface area contributed by atoms with E-state index < -0.39 is 17.2 Å². The third-order valence-electron chi connectivity index (χ3n) is 5.19. The molecule has 6 heteroatoms. The zero-order valence-electron chi connectivity index (χ0n) is 12.8. The van der Waals surface area contributed by atoms with Gasteiger partial charge in [0.15, 0.2) is 0 Å². The van der Waals surface area contributed by atoms with Crippen molar-refractivity contribution in [1.82, 2.24) is 0 Å². The molecule has 3 atom stereocenters. The van der Waals surface area contributed by atoms with E-state index in [4.69, 9.17) is 9.15 Å². The quantitative estimate of drug-likeness (QED) is 0.481. The van der Waals surface area contributed by atoms with Gasteiger partial charge in [0.1, 0.15) is 11.3 Å². The molecule has 4 rings (SSSR count). The molecule has 2 fully saturated rings. The van der Waals surface area contributed by atoms with Crippen molar-refractivity contribution in [1.29, 1.82) is 0 Å². The molecule has 0 N–H and O–H groups in total. The van der Waals surface area contributed by atoms with E-state index in [0.29, 0.717) is 23.0 Å². The van der Waals surface area contributed by atoms with E-state index in [9.17, 15) is 19.5 Å². The number of aromatic carboxylic acids is 1. The van der Waals surface area contributed by atoms with Gasteiger partial charge in [-0.3, -0.25) is 4.79 Å². The first kappa shape index (κ1) is 14.9. The second-order valence-corrected chi connectivity index (χ2v) is 6.64. The highest BCUT2D eigenvalue weighted by atomic mass is 16.5. The maximum absolute atomic E-state index is 12.4. The number of hydrogen-bond donors (Lipinski definition) is 0. The Balaban J connectivity index is 1.59. The van der Waals surface area contributed by atoms with Crippen molar-refractivity contribution in [2.24, 2.45) is 17.8 Å². The largest absolute Gasteiger partial charge is 0.545 e. The fourth-order valence-electron chi connectivity index (χ4n) is 4.02. The molecule has 0 saturated heterocycles. The highest BCUT2D eigenvalue weighted by Crippen LogP contribution is 2.48. The summed E-state index contributed by atoms with van der Waals surface area (Å²) in [6, 6.07) is 5.74. The molecule has 2 bridgehead atoms. The maximum atomic E-state index is 12.4. The maximum Gasteiger partial charge on any atom is 0.345 e. The van der Waals surface area contributed by atoms with Crippen LogP contribution in [0.3, 0.4) is 0 Å². The smallest absolute Gasteiger partial charge is 0.345 e. The molecule has 0 aliphatic heterocycles. The summed E-state index contributed by atoms with van der Waals surface area (Å²) in [7, 11) is 0. The summed E-state index contributed by atoms with van der Waals surface area (Å²) in [6.45, 7) is 0. The van der Waals surface area contributed by atoms with Crippen molar-refractivity contribution >= 4 is 22.9 Å². The second kappa shape index (κ2) is 5.47. The lowest BCUT2D eigenvalue weighted by molar-refractivity contribution is -0.255. The Labute approximate surface area is 137 Å². The molecule has 2 aliphatic carbocycles. The van der Waals surface area contributed by atoms with E-state index in [0.717, 1.165) is 19.3 Å². The Bertz CT molecular complexity index is 896. The highest BCUT2D eigenvalue weighted by molar-refractivity contribution is 5.90. The van der Waals surface area contributed by atoms with Crippen LogP contribution in [0.15, 0.2) is 33.5 Å². The topological polar surface area (TPSA) is 96.6 Å². The first-order valence-electron chi connectivity index (χ1n) is 8.02. The third-order valence-corrected chi connectivity index (χ3v) is 5.19. The summed E-state index contributed by atoms with van der Waals surface area (Å²) >= 11 is 0. The fraction of sp³-hybridized carbons (Fsp3) is 0.389. The predicted octanol–water partition coefficient (Wildman–Crippen LogP) is 1.50. The Morgan fingerprint density at radius 1 is 1.17 bits per heavy atom. The SMILES string of the molecule is O=C([O-])c1cc2ccc(OC(=O)C3CC4CCC3C4)cc2oc1=O. The molecular formula is C18H15O6-. The first-order valence-corrected chi connectivity index (χ1v) is 8.02. The number of ether oxygens (including phenoxy) is 1. The van der Waals surface area contributed by atoms with Gasteiger partial charge in [0.2, 0.25) is 0 Å². The standard InChI is InChI=1S/C18H16O6/c19-16(20)14-7-11-3-4-12(8-15(11)24-18(14)22)23-17(21)13-6-9-1-2-10(13)5-9/h3-4,7-10,13H,1-2,5-6H2,(H,19,20)/p-1. The van der Waals surface area contributed by atoms with Crippen LogP contribution in [0.4, 0.5) is 0 Å². The monoisotopic (exact) mass is 327 g/mol. The average molecular weight is 327 g/mol. The number of rotatable bonds is 3. The summed E-state index contributed by atoms with van der Waals surface area (Å²) in [4.78, 5) is 34.8. The normalized spacial score (nSPS) is 25.1. The number of benzene rings is 1. The van der Waals surface area contributed by atoms with Crippen LogP contribution in [-0.4, -0.2) is 11.9 Å². The number of fused-ring (bicyclic) bond motifs is 3. The summed E-state index contributed by atoms with van der Waals surface area (Å²) in [5, 5.41) is 11.3. The number of esters is 1. The molecule has 124 valence electrons. The molecule has 6 nitrogen and oxygen atoms in total. The summed E-state index contributed by atoms with van der Waals surface area (Å²) in [6.07, 6.45) is 4.29. The lowest BCUT2D eigenvalue weighted by atomic mass is 9.89. The molecule has 0 amide bonds. The van der Waals surface area contributed by atoms with Gasteiger partial charge in [0, 0.05) is 11.5 Å². The molecular weight excluding hydrogens is 312 g/mol. The van der Waals surface area contributed by atoms with Crippen LogP contribution in [0, 0.1) is 17.8 Å². The molecule has 2 aromatic rings. The second-order valence-electron chi connectivity index (χ2n) is 6.64. The van der Waals surface area contributed by atoms with Crippen LogP contribution >= 0.6 is 0 Å². The summed E-state index contributed by atoms with van der Waals surface area (Å²) in [5.41, 5.74) is -1.35.